The van der Waals surface area contributed by atoms with Crippen LogP contribution in [0.5, 0.6) is 11.5 Å². The second-order valence-electron chi connectivity index (χ2n) is 10.6. The van der Waals surface area contributed by atoms with Crippen LogP contribution in [0, 0.1) is 5.82 Å². The van der Waals surface area contributed by atoms with Gasteiger partial charge in [0.1, 0.15) is 11.9 Å². The van der Waals surface area contributed by atoms with Crippen LogP contribution in [0.2, 0.25) is 0 Å². The van der Waals surface area contributed by atoms with Crippen LogP contribution in [0.1, 0.15) is 44.2 Å². The number of hydrogen-bond donors (Lipinski definition) is 1. The highest BCUT2D eigenvalue weighted by molar-refractivity contribution is 7.92. The van der Waals surface area contributed by atoms with E-state index in [-0.39, 0.29) is 62.6 Å². The number of nitrogens with zero attached hydrogens (tertiary/aromatic N) is 2. The number of carbonyl (C=O) groups excluding carboxylic acids is 2. The van der Waals surface area contributed by atoms with Crippen LogP contribution in [-0.4, -0.2) is 56.8 Å². The molecular weight excluding hydrogens is 573 g/mol. The predicted octanol–water partition coefficient (Wildman–Crippen LogP) is 4.66. The van der Waals surface area contributed by atoms with Crippen molar-refractivity contribution in [3.8, 4) is 11.5 Å². The Balaban J connectivity index is 1.59. The summed E-state index contributed by atoms with van der Waals surface area (Å²) < 4.78 is 52.2. The molecule has 11 heteroatoms. The molecule has 0 radical (unpaired) electrons. The van der Waals surface area contributed by atoms with Crippen molar-refractivity contribution < 1.29 is 31.9 Å². The van der Waals surface area contributed by atoms with Crippen LogP contribution in [0.25, 0.3) is 0 Å². The van der Waals surface area contributed by atoms with Gasteiger partial charge in [0.15, 0.2) is 11.5 Å². The number of hydrogen-bond acceptors (Lipinski definition) is 6. The minimum atomic E-state index is -3.70. The number of carbonyl (C=O) groups is 2. The first-order chi connectivity index (χ1) is 20.6. The van der Waals surface area contributed by atoms with Crippen LogP contribution in [0.15, 0.2) is 72.8 Å². The van der Waals surface area contributed by atoms with Crippen LogP contribution in [0.4, 0.5) is 10.1 Å². The zero-order valence-corrected chi connectivity index (χ0v) is 25.5. The molecule has 43 heavy (non-hydrogen) atoms. The van der Waals surface area contributed by atoms with Crippen molar-refractivity contribution >= 4 is 27.5 Å². The van der Waals surface area contributed by atoms with E-state index in [0.29, 0.717) is 23.6 Å². The third kappa shape index (κ3) is 8.47. The number of nitrogens with one attached hydrogen (secondary N) is 1. The second kappa shape index (κ2) is 14.4. The summed E-state index contributed by atoms with van der Waals surface area (Å²) in [6, 6.07) is 19.3. The Kier molecular flexibility index (Phi) is 10.6. The molecule has 9 nitrogen and oxygen atoms in total. The Labute approximate surface area is 252 Å². The molecule has 230 valence electrons. The molecule has 0 bridgehead atoms. The molecule has 1 heterocycles. The number of amides is 2. The number of ether oxygens (including phenoxy) is 2. The van der Waals surface area contributed by atoms with E-state index in [1.54, 1.807) is 36.4 Å². The highest BCUT2D eigenvalue weighted by atomic mass is 32.2. The summed E-state index contributed by atoms with van der Waals surface area (Å²) in [5.41, 5.74) is 1.52. The first-order valence-electron chi connectivity index (χ1n) is 14.3. The number of rotatable bonds is 14. The van der Waals surface area contributed by atoms with Crippen molar-refractivity contribution in [2.45, 2.75) is 58.2 Å². The summed E-state index contributed by atoms with van der Waals surface area (Å²) in [5.74, 6) is -0.235. The molecule has 2 amide bonds. The number of fused-ring (bicyclic) bond motifs is 1. The Hall–Kier alpha value is -4.12. The van der Waals surface area contributed by atoms with Gasteiger partial charge in [0.25, 0.3) is 0 Å². The maximum atomic E-state index is 14.8. The van der Waals surface area contributed by atoms with E-state index >= 15 is 0 Å². The van der Waals surface area contributed by atoms with Crippen molar-refractivity contribution in [1.82, 2.24) is 10.2 Å². The van der Waals surface area contributed by atoms with Gasteiger partial charge >= 0.3 is 0 Å². The van der Waals surface area contributed by atoms with E-state index < -0.39 is 21.9 Å². The van der Waals surface area contributed by atoms with E-state index in [0.717, 1.165) is 11.8 Å². The molecule has 1 aliphatic rings. The molecule has 0 fully saturated rings. The van der Waals surface area contributed by atoms with Crippen molar-refractivity contribution in [2.75, 3.05) is 23.9 Å². The quantitative estimate of drug-likeness (QED) is 0.285. The van der Waals surface area contributed by atoms with Crippen LogP contribution in [-0.2, 0) is 32.6 Å². The molecular formula is C32H38FN3O6S. The number of anilines is 1. The third-order valence-electron chi connectivity index (χ3n) is 7.37. The molecule has 1 aliphatic heterocycles. The SMILES string of the molecule is CCC(C)NC(=O)C(Cc1ccccc1)N(Cc1ccccc1F)C(=O)CCCN(c1ccc2c(c1)OCO2)S(C)(=O)=O. The first kappa shape index (κ1) is 31.8. The first-order valence-corrected chi connectivity index (χ1v) is 16.2. The predicted molar refractivity (Wildman–Crippen MR) is 163 cm³/mol. The number of benzene rings is 3. The lowest BCUT2D eigenvalue weighted by Crippen LogP contribution is -2.52. The van der Waals surface area contributed by atoms with Crippen LogP contribution < -0.4 is 19.1 Å². The average molecular weight is 612 g/mol. The normalized spacial score (nSPS) is 13.7. The third-order valence-corrected chi connectivity index (χ3v) is 8.56. The molecule has 0 aliphatic carbocycles. The summed E-state index contributed by atoms with van der Waals surface area (Å²) >= 11 is 0. The summed E-state index contributed by atoms with van der Waals surface area (Å²) in [6.07, 6.45) is 2.13. The Morgan fingerprint density at radius 2 is 1.70 bits per heavy atom. The lowest BCUT2D eigenvalue weighted by Gasteiger charge is -2.33. The Morgan fingerprint density at radius 1 is 1.00 bits per heavy atom. The maximum Gasteiger partial charge on any atom is 0.243 e. The molecule has 4 rings (SSSR count). The van der Waals surface area contributed by atoms with E-state index in [1.807, 2.05) is 44.2 Å². The van der Waals surface area contributed by atoms with E-state index in [9.17, 15) is 22.4 Å². The number of sulfonamides is 1. The fourth-order valence-corrected chi connectivity index (χ4v) is 5.81. The van der Waals surface area contributed by atoms with Gasteiger partial charge in [-0.3, -0.25) is 13.9 Å². The molecule has 3 aromatic carbocycles. The Bertz CT molecular complexity index is 1520. The van der Waals surface area contributed by atoms with E-state index in [1.165, 1.54) is 15.3 Å². The monoisotopic (exact) mass is 611 g/mol. The summed E-state index contributed by atoms with van der Waals surface area (Å²) in [6.45, 7) is 3.79. The van der Waals surface area contributed by atoms with Gasteiger partial charge in [0, 0.05) is 43.6 Å². The van der Waals surface area contributed by atoms with Crippen molar-refractivity contribution in [3.05, 3.63) is 89.7 Å². The minimum absolute atomic E-state index is 0.0141. The standard InChI is InChI=1S/C32H38FN3O6S/c1-4-23(2)34-32(38)28(19-24-11-6-5-7-12-24)35(21-25-13-8-9-14-27(25)33)31(37)15-10-18-36(43(3,39)40)26-16-17-29-30(20-26)42-22-41-29/h5-9,11-14,16-17,20,23,28H,4,10,15,18-19,21-22H2,1-3H3,(H,34,38). The molecule has 0 spiro atoms. The van der Waals surface area contributed by atoms with E-state index in [2.05, 4.69) is 5.32 Å². The topological polar surface area (TPSA) is 105 Å². The summed E-state index contributed by atoms with van der Waals surface area (Å²) in [5, 5.41) is 2.99. The highest BCUT2D eigenvalue weighted by Crippen LogP contribution is 2.36. The zero-order valence-electron chi connectivity index (χ0n) is 24.7. The minimum Gasteiger partial charge on any atom is -0.454 e. The fraction of sp³-hybridized carbons (Fsp3) is 0.375. The molecule has 1 N–H and O–H groups in total. The maximum absolute atomic E-state index is 14.8. The van der Waals surface area contributed by atoms with Crippen molar-refractivity contribution in [1.29, 1.82) is 0 Å². The van der Waals surface area contributed by atoms with Gasteiger partial charge in [0.2, 0.25) is 28.6 Å². The average Bonchev–Trinajstić information content (AvgIpc) is 3.45. The molecule has 2 unspecified atom stereocenters. The number of halogens is 1. The van der Waals surface area contributed by atoms with Crippen molar-refractivity contribution in [2.24, 2.45) is 0 Å². The van der Waals surface area contributed by atoms with Gasteiger partial charge in [-0.15, -0.1) is 0 Å². The van der Waals surface area contributed by atoms with Crippen LogP contribution >= 0.6 is 0 Å². The van der Waals surface area contributed by atoms with E-state index in [4.69, 9.17) is 9.47 Å². The lowest BCUT2D eigenvalue weighted by molar-refractivity contribution is -0.141. The van der Waals surface area contributed by atoms with Gasteiger partial charge < -0.3 is 19.7 Å². The molecule has 2 atom stereocenters. The smallest absolute Gasteiger partial charge is 0.243 e. The molecule has 0 saturated heterocycles. The molecule has 0 saturated carbocycles. The van der Waals surface area contributed by atoms with Crippen molar-refractivity contribution in [3.63, 3.8) is 0 Å². The zero-order chi connectivity index (χ0) is 31.0. The van der Waals surface area contributed by atoms with Gasteiger partial charge in [-0.2, -0.15) is 0 Å². The van der Waals surface area contributed by atoms with Gasteiger partial charge in [0.05, 0.1) is 11.9 Å². The Morgan fingerprint density at radius 3 is 2.40 bits per heavy atom. The fourth-order valence-electron chi connectivity index (χ4n) is 4.85. The molecule has 0 aromatic heterocycles. The van der Waals surface area contributed by atoms with Crippen LogP contribution in [0.3, 0.4) is 0 Å². The summed E-state index contributed by atoms with van der Waals surface area (Å²) in [4.78, 5) is 28.9. The lowest BCUT2D eigenvalue weighted by atomic mass is 10.0. The van der Waals surface area contributed by atoms with Gasteiger partial charge in [-0.1, -0.05) is 55.5 Å². The summed E-state index contributed by atoms with van der Waals surface area (Å²) in [7, 11) is -3.70. The largest absolute Gasteiger partial charge is 0.454 e. The van der Waals surface area contributed by atoms with Gasteiger partial charge in [-0.05, 0) is 43.5 Å². The molecule has 3 aromatic rings. The van der Waals surface area contributed by atoms with Gasteiger partial charge in [-0.25, -0.2) is 12.8 Å². The highest BCUT2D eigenvalue weighted by Gasteiger charge is 2.31. The second-order valence-corrected chi connectivity index (χ2v) is 12.5.